The third kappa shape index (κ3) is 3.96. The van der Waals surface area contributed by atoms with Gasteiger partial charge in [0.1, 0.15) is 0 Å². The normalized spacial score (nSPS) is 35.8. The van der Waals surface area contributed by atoms with E-state index in [0.717, 1.165) is 18.4 Å². The molecule has 2 fully saturated rings. The first-order valence-electron chi connectivity index (χ1n) is 7.87. The summed E-state index contributed by atoms with van der Waals surface area (Å²) in [6.07, 6.45) is 10.0. The third-order valence-electron chi connectivity index (χ3n) is 5.02. The van der Waals surface area contributed by atoms with E-state index < -0.39 is 0 Å². The molecule has 0 bridgehead atoms. The lowest BCUT2D eigenvalue weighted by atomic mass is 9.65. The Labute approximate surface area is 113 Å². The second-order valence-electron chi connectivity index (χ2n) is 7.20. The minimum atomic E-state index is 0.561. The van der Waals surface area contributed by atoms with Crippen LogP contribution in [0.15, 0.2) is 0 Å². The average Bonchev–Trinajstić information content (AvgIpc) is 2.82. The lowest BCUT2D eigenvalue weighted by molar-refractivity contribution is 0.0707. The van der Waals surface area contributed by atoms with Gasteiger partial charge in [-0.2, -0.15) is 0 Å². The molecule has 0 aromatic carbocycles. The van der Waals surface area contributed by atoms with E-state index in [4.69, 9.17) is 4.74 Å². The minimum Gasteiger partial charge on any atom is -0.378 e. The predicted molar refractivity (Wildman–Crippen MR) is 76.7 cm³/mol. The van der Waals surface area contributed by atoms with Gasteiger partial charge in [-0.05, 0) is 75.8 Å². The number of rotatable bonds is 5. The van der Waals surface area contributed by atoms with E-state index in [2.05, 4.69) is 26.2 Å². The van der Waals surface area contributed by atoms with Gasteiger partial charge in [0.05, 0.1) is 6.10 Å². The van der Waals surface area contributed by atoms with Crippen LogP contribution in [0.3, 0.4) is 0 Å². The maximum atomic E-state index is 5.78. The van der Waals surface area contributed by atoms with Gasteiger partial charge in [-0.1, -0.05) is 13.8 Å². The molecule has 1 N–H and O–H groups in total. The molecule has 1 saturated carbocycles. The Bertz CT molecular complexity index is 245. The molecule has 1 heterocycles. The van der Waals surface area contributed by atoms with Gasteiger partial charge in [0.25, 0.3) is 0 Å². The second kappa shape index (κ2) is 6.38. The van der Waals surface area contributed by atoms with E-state index in [9.17, 15) is 0 Å². The number of hydrogen-bond acceptors (Lipinski definition) is 2. The van der Waals surface area contributed by atoms with Crippen molar-refractivity contribution in [2.24, 2.45) is 17.3 Å². The zero-order chi connectivity index (χ0) is 13.0. The van der Waals surface area contributed by atoms with E-state index in [-0.39, 0.29) is 0 Å². The predicted octanol–water partition coefficient (Wildman–Crippen LogP) is 3.61. The van der Waals surface area contributed by atoms with Crippen LogP contribution in [0, 0.1) is 17.3 Å². The molecule has 2 rings (SSSR count). The summed E-state index contributed by atoms with van der Waals surface area (Å²) in [4.78, 5) is 0. The van der Waals surface area contributed by atoms with Crippen LogP contribution < -0.4 is 5.32 Å². The standard InChI is InChI=1S/C16H31NO/c1-16(2)9-8-14(12-17-3)13(11-16)6-7-15-5-4-10-18-15/h13-15,17H,4-12H2,1-3H3. The Morgan fingerprint density at radius 3 is 2.67 bits per heavy atom. The van der Waals surface area contributed by atoms with Crippen LogP contribution >= 0.6 is 0 Å². The van der Waals surface area contributed by atoms with Gasteiger partial charge in [-0.15, -0.1) is 0 Å². The van der Waals surface area contributed by atoms with Crippen molar-refractivity contribution in [1.82, 2.24) is 5.32 Å². The molecule has 0 aromatic heterocycles. The summed E-state index contributed by atoms with van der Waals surface area (Å²) in [6.45, 7) is 7.09. The van der Waals surface area contributed by atoms with E-state index in [1.807, 2.05) is 0 Å². The molecule has 3 atom stereocenters. The molecular formula is C16H31NO. The SMILES string of the molecule is CNCC1CCC(C)(C)CC1CCC1CCCO1. The highest BCUT2D eigenvalue weighted by atomic mass is 16.5. The Morgan fingerprint density at radius 1 is 1.17 bits per heavy atom. The molecule has 2 nitrogen and oxygen atoms in total. The molecule has 2 heteroatoms. The Kier molecular flexibility index (Phi) is 5.08. The molecule has 1 saturated heterocycles. The summed E-state index contributed by atoms with van der Waals surface area (Å²) >= 11 is 0. The maximum absolute atomic E-state index is 5.78. The van der Waals surface area contributed by atoms with Crippen molar-refractivity contribution in [3.63, 3.8) is 0 Å². The van der Waals surface area contributed by atoms with Crippen molar-refractivity contribution in [3.8, 4) is 0 Å². The van der Waals surface area contributed by atoms with Crippen molar-refractivity contribution >= 4 is 0 Å². The lowest BCUT2D eigenvalue weighted by Crippen LogP contribution is -2.35. The van der Waals surface area contributed by atoms with E-state index in [1.54, 1.807) is 0 Å². The maximum Gasteiger partial charge on any atom is 0.0576 e. The molecule has 0 radical (unpaired) electrons. The van der Waals surface area contributed by atoms with Gasteiger partial charge < -0.3 is 10.1 Å². The Morgan fingerprint density at radius 2 is 2.00 bits per heavy atom. The highest BCUT2D eigenvalue weighted by Crippen LogP contribution is 2.43. The zero-order valence-electron chi connectivity index (χ0n) is 12.5. The molecule has 3 unspecified atom stereocenters. The van der Waals surface area contributed by atoms with Crippen molar-refractivity contribution in [3.05, 3.63) is 0 Å². The van der Waals surface area contributed by atoms with Gasteiger partial charge in [0.15, 0.2) is 0 Å². The molecule has 0 spiro atoms. The molecule has 18 heavy (non-hydrogen) atoms. The van der Waals surface area contributed by atoms with E-state index in [0.29, 0.717) is 11.5 Å². The van der Waals surface area contributed by atoms with Crippen molar-refractivity contribution in [1.29, 1.82) is 0 Å². The minimum absolute atomic E-state index is 0.561. The van der Waals surface area contributed by atoms with Crippen molar-refractivity contribution in [2.45, 2.75) is 64.9 Å². The fraction of sp³-hybridized carbons (Fsp3) is 1.00. The summed E-state index contributed by atoms with van der Waals surface area (Å²) in [5, 5.41) is 3.39. The second-order valence-corrected chi connectivity index (χ2v) is 7.20. The van der Waals surface area contributed by atoms with Gasteiger partial charge in [0.2, 0.25) is 0 Å². The first-order chi connectivity index (χ1) is 8.61. The largest absolute Gasteiger partial charge is 0.378 e. The van der Waals surface area contributed by atoms with E-state index >= 15 is 0 Å². The topological polar surface area (TPSA) is 21.3 Å². The summed E-state index contributed by atoms with van der Waals surface area (Å²) < 4.78 is 5.78. The van der Waals surface area contributed by atoms with Gasteiger partial charge in [-0.25, -0.2) is 0 Å². The summed E-state index contributed by atoms with van der Waals surface area (Å²) in [5.41, 5.74) is 0.561. The first kappa shape index (κ1) is 14.3. The molecule has 106 valence electrons. The highest BCUT2D eigenvalue weighted by Gasteiger charge is 2.34. The molecule has 0 aromatic rings. The molecule has 1 aliphatic heterocycles. The lowest BCUT2D eigenvalue weighted by Gasteiger charge is -2.41. The van der Waals surface area contributed by atoms with Crippen molar-refractivity contribution < 1.29 is 4.74 Å². The molecule has 1 aliphatic carbocycles. The third-order valence-corrected chi connectivity index (χ3v) is 5.02. The molecular weight excluding hydrogens is 222 g/mol. The van der Waals surface area contributed by atoms with Crippen LogP contribution in [0.25, 0.3) is 0 Å². The van der Waals surface area contributed by atoms with Crippen LogP contribution in [0.2, 0.25) is 0 Å². The van der Waals surface area contributed by atoms with Crippen LogP contribution in [-0.4, -0.2) is 26.3 Å². The average molecular weight is 253 g/mol. The molecule has 2 aliphatic rings. The Balaban J connectivity index is 1.83. The fourth-order valence-corrected chi connectivity index (χ4v) is 3.93. The smallest absolute Gasteiger partial charge is 0.0576 e. The van der Waals surface area contributed by atoms with Gasteiger partial charge >= 0.3 is 0 Å². The number of ether oxygens (including phenoxy) is 1. The summed E-state index contributed by atoms with van der Waals surface area (Å²) in [6, 6.07) is 0. The van der Waals surface area contributed by atoms with E-state index in [1.165, 1.54) is 51.5 Å². The summed E-state index contributed by atoms with van der Waals surface area (Å²) in [7, 11) is 2.09. The zero-order valence-corrected chi connectivity index (χ0v) is 12.5. The number of nitrogens with one attached hydrogen (secondary N) is 1. The highest BCUT2D eigenvalue weighted by molar-refractivity contribution is 4.86. The summed E-state index contributed by atoms with van der Waals surface area (Å²) in [5.74, 6) is 1.80. The van der Waals surface area contributed by atoms with Crippen molar-refractivity contribution in [2.75, 3.05) is 20.2 Å². The van der Waals surface area contributed by atoms with Crippen LogP contribution in [0.5, 0.6) is 0 Å². The fourth-order valence-electron chi connectivity index (χ4n) is 3.93. The first-order valence-corrected chi connectivity index (χ1v) is 7.87. The van der Waals surface area contributed by atoms with Crippen LogP contribution in [0.4, 0.5) is 0 Å². The van der Waals surface area contributed by atoms with Gasteiger partial charge in [-0.3, -0.25) is 0 Å². The van der Waals surface area contributed by atoms with Crippen LogP contribution in [0.1, 0.15) is 58.8 Å². The van der Waals surface area contributed by atoms with Gasteiger partial charge in [0, 0.05) is 6.61 Å². The monoisotopic (exact) mass is 253 g/mol. The number of hydrogen-bond donors (Lipinski definition) is 1. The Hall–Kier alpha value is -0.0800. The molecule has 0 amide bonds. The quantitative estimate of drug-likeness (QED) is 0.808. The van der Waals surface area contributed by atoms with Crippen LogP contribution in [-0.2, 0) is 4.74 Å².